The van der Waals surface area contributed by atoms with Crippen LogP contribution in [0.4, 0.5) is 5.69 Å². The minimum Gasteiger partial charge on any atom is -0.494 e. The van der Waals surface area contributed by atoms with E-state index in [-0.39, 0.29) is 5.91 Å². The summed E-state index contributed by atoms with van der Waals surface area (Å²) in [6.07, 6.45) is 2.21. The lowest BCUT2D eigenvalue weighted by molar-refractivity contribution is -0.113. The summed E-state index contributed by atoms with van der Waals surface area (Å²) in [4.78, 5) is 12.2. The molecule has 0 atom stereocenters. The van der Waals surface area contributed by atoms with Gasteiger partial charge in [-0.1, -0.05) is 13.3 Å². The SMILES string of the molecule is CCCCOc1ccc2c(c1)SCC(=O)N2. The van der Waals surface area contributed by atoms with Gasteiger partial charge in [-0.2, -0.15) is 0 Å². The number of thioether (sulfide) groups is 1. The van der Waals surface area contributed by atoms with Gasteiger partial charge in [-0.3, -0.25) is 4.79 Å². The summed E-state index contributed by atoms with van der Waals surface area (Å²) in [5.41, 5.74) is 0.893. The highest BCUT2D eigenvalue weighted by molar-refractivity contribution is 8.00. The molecule has 1 aromatic rings. The Hall–Kier alpha value is -1.16. The highest BCUT2D eigenvalue weighted by Gasteiger charge is 2.15. The number of benzene rings is 1. The van der Waals surface area contributed by atoms with Crippen LogP contribution in [0.15, 0.2) is 23.1 Å². The van der Waals surface area contributed by atoms with Crippen LogP contribution in [0.25, 0.3) is 0 Å². The highest BCUT2D eigenvalue weighted by Crippen LogP contribution is 2.34. The molecule has 1 aliphatic heterocycles. The summed E-state index contributed by atoms with van der Waals surface area (Å²) < 4.78 is 5.61. The fraction of sp³-hybridized carbons (Fsp3) is 0.417. The van der Waals surface area contributed by atoms with Crippen LogP contribution in [0.2, 0.25) is 0 Å². The summed E-state index contributed by atoms with van der Waals surface area (Å²) in [6, 6.07) is 5.80. The normalized spacial score (nSPS) is 14.2. The van der Waals surface area contributed by atoms with Crippen molar-refractivity contribution in [3.05, 3.63) is 18.2 Å². The third-order valence-electron chi connectivity index (χ3n) is 2.35. The molecule has 0 aliphatic carbocycles. The summed E-state index contributed by atoms with van der Waals surface area (Å²) in [7, 11) is 0. The summed E-state index contributed by atoms with van der Waals surface area (Å²) in [5, 5.41) is 2.84. The summed E-state index contributed by atoms with van der Waals surface area (Å²) in [5.74, 6) is 1.44. The van der Waals surface area contributed by atoms with Crippen LogP contribution >= 0.6 is 11.8 Å². The molecule has 2 rings (SSSR count). The molecule has 0 radical (unpaired) electrons. The fourth-order valence-electron chi connectivity index (χ4n) is 1.48. The highest BCUT2D eigenvalue weighted by atomic mass is 32.2. The Bertz CT molecular complexity index is 393. The molecular weight excluding hydrogens is 222 g/mol. The molecule has 0 unspecified atom stereocenters. The van der Waals surface area contributed by atoms with Gasteiger partial charge in [0.15, 0.2) is 0 Å². The topological polar surface area (TPSA) is 38.3 Å². The third-order valence-corrected chi connectivity index (χ3v) is 3.41. The van der Waals surface area contributed by atoms with E-state index in [0.29, 0.717) is 5.75 Å². The smallest absolute Gasteiger partial charge is 0.234 e. The van der Waals surface area contributed by atoms with Crippen molar-refractivity contribution in [1.82, 2.24) is 0 Å². The van der Waals surface area contributed by atoms with Crippen molar-refractivity contribution < 1.29 is 9.53 Å². The van der Waals surface area contributed by atoms with Crippen LogP contribution < -0.4 is 10.1 Å². The van der Waals surface area contributed by atoms with Crippen LogP contribution in [0.3, 0.4) is 0 Å². The van der Waals surface area contributed by atoms with Gasteiger partial charge in [0, 0.05) is 4.90 Å². The molecule has 0 saturated heterocycles. The quantitative estimate of drug-likeness (QED) is 0.818. The number of rotatable bonds is 4. The van der Waals surface area contributed by atoms with Crippen LogP contribution in [0, 0.1) is 0 Å². The van der Waals surface area contributed by atoms with E-state index in [9.17, 15) is 4.79 Å². The van der Waals surface area contributed by atoms with E-state index in [1.54, 1.807) is 11.8 Å². The zero-order valence-electron chi connectivity index (χ0n) is 9.29. The zero-order chi connectivity index (χ0) is 11.4. The van der Waals surface area contributed by atoms with Gasteiger partial charge in [-0.25, -0.2) is 0 Å². The zero-order valence-corrected chi connectivity index (χ0v) is 10.1. The molecule has 1 amide bonds. The van der Waals surface area contributed by atoms with Gasteiger partial charge >= 0.3 is 0 Å². The van der Waals surface area contributed by atoms with E-state index < -0.39 is 0 Å². The molecule has 16 heavy (non-hydrogen) atoms. The first kappa shape index (κ1) is 11.3. The maximum Gasteiger partial charge on any atom is 0.234 e. The number of carbonyl (C=O) groups excluding carboxylic acids is 1. The molecule has 1 N–H and O–H groups in total. The largest absolute Gasteiger partial charge is 0.494 e. The number of amides is 1. The average molecular weight is 237 g/mol. The predicted molar refractivity (Wildman–Crippen MR) is 66.2 cm³/mol. The number of nitrogens with one attached hydrogen (secondary N) is 1. The molecule has 0 spiro atoms. The van der Waals surface area contributed by atoms with Crippen LogP contribution in [-0.2, 0) is 4.79 Å². The maximum atomic E-state index is 11.2. The summed E-state index contributed by atoms with van der Waals surface area (Å²) >= 11 is 1.56. The van der Waals surface area contributed by atoms with Crippen molar-refractivity contribution >= 4 is 23.4 Å². The number of carbonyl (C=O) groups is 1. The van der Waals surface area contributed by atoms with Gasteiger partial charge in [0.1, 0.15) is 5.75 Å². The van der Waals surface area contributed by atoms with Gasteiger partial charge in [0.2, 0.25) is 5.91 Å². The monoisotopic (exact) mass is 237 g/mol. The summed E-state index contributed by atoms with van der Waals surface area (Å²) in [6.45, 7) is 2.90. The first-order valence-electron chi connectivity index (χ1n) is 5.49. The van der Waals surface area contributed by atoms with Crippen molar-refractivity contribution in [2.75, 3.05) is 17.7 Å². The molecule has 86 valence electrons. The molecule has 0 fully saturated rings. The Morgan fingerprint density at radius 2 is 2.38 bits per heavy atom. The van der Waals surface area contributed by atoms with Gasteiger partial charge in [0.25, 0.3) is 0 Å². The Labute approximate surface area is 99.6 Å². The molecule has 1 aromatic carbocycles. The first-order chi connectivity index (χ1) is 7.79. The molecule has 0 saturated carbocycles. The molecule has 3 nitrogen and oxygen atoms in total. The lowest BCUT2D eigenvalue weighted by Gasteiger charge is -2.17. The van der Waals surface area contributed by atoms with Crippen molar-refractivity contribution in [3.63, 3.8) is 0 Å². The van der Waals surface area contributed by atoms with E-state index >= 15 is 0 Å². The van der Waals surface area contributed by atoms with Gasteiger partial charge < -0.3 is 10.1 Å². The Kier molecular flexibility index (Phi) is 3.72. The Balaban J connectivity index is 2.04. The molecular formula is C12H15NO2S. The Morgan fingerprint density at radius 1 is 1.50 bits per heavy atom. The lowest BCUT2D eigenvalue weighted by atomic mass is 10.3. The van der Waals surface area contributed by atoms with Gasteiger partial charge in [0.05, 0.1) is 18.0 Å². The minimum atomic E-state index is 0.0668. The lowest BCUT2D eigenvalue weighted by Crippen LogP contribution is -2.18. The number of unbranched alkanes of at least 4 members (excludes halogenated alkanes) is 1. The van der Waals surface area contributed by atoms with Crippen LogP contribution in [-0.4, -0.2) is 18.3 Å². The predicted octanol–water partition coefficient (Wildman–Crippen LogP) is 2.91. The maximum absolute atomic E-state index is 11.2. The van der Waals surface area contributed by atoms with Crippen molar-refractivity contribution in [2.24, 2.45) is 0 Å². The van der Waals surface area contributed by atoms with E-state index in [2.05, 4.69) is 12.2 Å². The molecule has 1 aliphatic rings. The van der Waals surface area contributed by atoms with Crippen molar-refractivity contribution in [2.45, 2.75) is 24.7 Å². The number of anilines is 1. The number of hydrogen-bond acceptors (Lipinski definition) is 3. The number of hydrogen-bond donors (Lipinski definition) is 1. The van der Waals surface area contributed by atoms with E-state index in [1.165, 1.54) is 0 Å². The molecule has 1 heterocycles. The Morgan fingerprint density at radius 3 is 3.19 bits per heavy atom. The second kappa shape index (κ2) is 5.25. The van der Waals surface area contributed by atoms with Crippen LogP contribution in [0.5, 0.6) is 5.75 Å². The number of ether oxygens (including phenoxy) is 1. The molecule has 0 bridgehead atoms. The first-order valence-corrected chi connectivity index (χ1v) is 6.47. The second-order valence-corrected chi connectivity index (χ2v) is 4.71. The van der Waals surface area contributed by atoms with Crippen molar-refractivity contribution in [3.8, 4) is 5.75 Å². The fourth-order valence-corrected chi connectivity index (χ4v) is 2.31. The van der Waals surface area contributed by atoms with Gasteiger partial charge in [-0.05, 0) is 24.6 Å². The van der Waals surface area contributed by atoms with E-state index in [0.717, 1.165) is 35.8 Å². The van der Waals surface area contributed by atoms with Crippen LogP contribution in [0.1, 0.15) is 19.8 Å². The van der Waals surface area contributed by atoms with E-state index in [4.69, 9.17) is 4.74 Å². The molecule has 4 heteroatoms. The second-order valence-electron chi connectivity index (χ2n) is 3.70. The van der Waals surface area contributed by atoms with E-state index in [1.807, 2.05) is 18.2 Å². The standard InChI is InChI=1S/C12H15NO2S/c1-2-3-6-15-9-4-5-10-11(7-9)16-8-12(14)13-10/h4-5,7H,2-3,6,8H2,1H3,(H,13,14). The minimum absolute atomic E-state index is 0.0668. The van der Waals surface area contributed by atoms with Gasteiger partial charge in [-0.15, -0.1) is 11.8 Å². The average Bonchev–Trinajstić information content (AvgIpc) is 2.29. The number of fused-ring (bicyclic) bond motifs is 1. The third kappa shape index (κ3) is 2.70. The van der Waals surface area contributed by atoms with Crippen molar-refractivity contribution in [1.29, 1.82) is 0 Å². The molecule has 0 aromatic heterocycles.